The molecule has 0 fully saturated rings. The minimum atomic E-state index is -2.30. The Bertz CT molecular complexity index is 913. The summed E-state index contributed by atoms with van der Waals surface area (Å²) in [7, 11) is 0. The molecule has 0 bridgehead atoms. The predicted octanol–water partition coefficient (Wildman–Crippen LogP) is 5.27. The third-order valence-corrected chi connectivity index (χ3v) is 5.83. The Morgan fingerprint density at radius 1 is 1.55 bits per heavy atom. The molecule has 1 aromatic rings. The Labute approximate surface area is 183 Å². The highest BCUT2D eigenvalue weighted by atomic mass is 79.9. The Morgan fingerprint density at radius 2 is 2.28 bits per heavy atom. The molecule has 0 N–H and O–H groups in total. The smallest absolute Gasteiger partial charge is 0.308 e. The minimum absolute atomic E-state index is 0.0285. The molecule has 156 valence electrons. The van der Waals surface area contributed by atoms with Crippen LogP contribution in [-0.4, -0.2) is 36.2 Å². The van der Waals surface area contributed by atoms with Crippen molar-refractivity contribution >= 4 is 45.0 Å². The first-order valence-electron chi connectivity index (χ1n) is 9.31. The van der Waals surface area contributed by atoms with E-state index in [1.165, 1.54) is 0 Å². The number of esters is 1. The number of nitrogens with zero attached hydrogens (tertiary/aromatic N) is 2. The van der Waals surface area contributed by atoms with Crippen LogP contribution in [0.15, 0.2) is 51.1 Å². The number of halogens is 3. The molecule has 0 aliphatic carbocycles. The summed E-state index contributed by atoms with van der Waals surface area (Å²) in [5.41, 5.74) is 2.62. The number of carbonyl (C=O) groups excluding carboxylic acids is 1. The van der Waals surface area contributed by atoms with Gasteiger partial charge in [0.2, 0.25) is 5.13 Å². The first-order valence-corrected chi connectivity index (χ1v) is 10.5. The number of hydrogen-bond donors (Lipinski definition) is 0. The fourth-order valence-corrected chi connectivity index (χ4v) is 4.08. The maximum absolute atomic E-state index is 15.7. The Balaban J connectivity index is 2.15. The number of rotatable bonds is 5. The number of alkyl halides is 2. The molecule has 0 saturated heterocycles. The molecule has 29 heavy (non-hydrogen) atoms. The van der Waals surface area contributed by atoms with Crippen LogP contribution < -0.4 is 4.90 Å². The standard InChI is InChI=1S/C21H23BrClFN2O3/c1-5-28-18(27)9-17-20-25-10-13(4)19(21(23,24)12(2)3)26(20)16-7-6-15(22)8-14(16)11-29-17/h6-8,17H,2,5,9-11H2,1,3-4H3. The van der Waals surface area contributed by atoms with Gasteiger partial charge in [-0.25, -0.2) is 4.39 Å². The summed E-state index contributed by atoms with van der Waals surface area (Å²) in [6.45, 7) is 9.57. The van der Waals surface area contributed by atoms with Gasteiger partial charge in [0.25, 0.3) is 0 Å². The van der Waals surface area contributed by atoms with Crippen LogP contribution in [0.3, 0.4) is 0 Å². The molecule has 5 nitrogen and oxygen atoms in total. The monoisotopic (exact) mass is 484 g/mol. The number of ether oxygens (including phenoxy) is 2. The number of carbonyl (C=O) groups is 1. The van der Waals surface area contributed by atoms with Crippen LogP contribution in [0.2, 0.25) is 0 Å². The van der Waals surface area contributed by atoms with Gasteiger partial charge < -0.3 is 9.47 Å². The van der Waals surface area contributed by atoms with E-state index in [-0.39, 0.29) is 37.4 Å². The number of anilines is 1. The van der Waals surface area contributed by atoms with Crippen molar-refractivity contribution in [3.05, 3.63) is 51.7 Å². The van der Waals surface area contributed by atoms with E-state index in [1.807, 2.05) is 18.2 Å². The molecule has 2 unspecified atom stereocenters. The number of benzene rings is 1. The van der Waals surface area contributed by atoms with Gasteiger partial charge in [-0.15, -0.1) is 0 Å². The normalized spacial score (nSPS) is 20.8. The lowest BCUT2D eigenvalue weighted by molar-refractivity contribution is -0.145. The average molecular weight is 486 g/mol. The van der Waals surface area contributed by atoms with Gasteiger partial charge in [0.15, 0.2) is 0 Å². The number of allylic oxidation sites excluding steroid dienone is 1. The maximum atomic E-state index is 15.7. The van der Waals surface area contributed by atoms with Crippen molar-refractivity contribution in [2.45, 2.75) is 45.0 Å². The van der Waals surface area contributed by atoms with Crippen molar-refractivity contribution in [2.75, 3.05) is 18.1 Å². The average Bonchev–Trinajstić information content (AvgIpc) is 2.78. The topological polar surface area (TPSA) is 51.1 Å². The second-order valence-electron chi connectivity index (χ2n) is 7.08. The quantitative estimate of drug-likeness (QED) is 0.324. The second-order valence-corrected chi connectivity index (χ2v) is 8.51. The molecule has 1 aromatic carbocycles. The largest absolute Gasteiger partial charge is 0.466 e. The van der Waals surface area contributed by atoms with Crippen molar-refractivity contribution < 1.29 is 18.7 Å². The van der Waals surface area contributed by atoms with Crippen LogP contribution in [0.25, 0.3) is 0 Å². The molecule has 0 spiro atoms. The summed E-state index contributed by atoms with van der Waals surface area (Å²) in [5, 5.41) is -2.30. The molecule has 2 aliphatic rings. The molecule has 0 aromatic heterocycles. The molecule has 3 rings (SSSR count). The zero-order chi connectivity index (χ0) is 21.3. The minimum Gasteiger partial charge on any atom is -0.466 e. The van der Waals surface area contributed by atoms with E-state index in [0.29, 0.717) is 17.1 Å². The van der Waals surface area contributed by atoms with Gasteiger partial charge in [-0.3, -0.25) is 14.7 Å². The third kappa shape index (κ3) is 4.27. The third-order valence-electron chi connectivity index (χ3n) is 4.84. The van der Waals surface area contributed by atoms with Gasteiger partial charge in [-0.05, 0) is 50.1 Å². The van der Waals surface area contributed by atoms with Crippen molar-refractivity contribution in [3.8, 4) is 0 Å². The lowest BCUT2D eigenvalue weighted by Crippen LogP contribution is -2.47. The van der Waals surface area contributed by atoms with Gasteiger partial charge in [0.05, 0.1) is 37.6 Å². The van der Waals surface area contributed by atoms with E-state index in [0.717, 1.165) is 10.0 Å². The van der Waals surface area contributed by atoms with Gasteiger partial charge in [-0.1, -0.05) is 34.1 Å². The highest BCUT2D eigenvalue weighted by Crippen LogP contribution is 2.44. The molecular weight excluding hydrogens is 463 g/mol. The van der Waals surface area contributed by atoms with Crippen LogP contribution >= 0.6 is 27.5 Å². The summed E-state index contributed by atoms with van der Waals surface area (Å²) in [6, 6.07) is 5.61. The highest BCUT2D eigenvalue weighted by molar-refractivity contribution is 9.10. The maximum Gasteiger partial charge on any atom is 0.308 e. The number of aliphatic imine (C=N–C) groups is 1. The SMILES string of the molecule is C=C(C)C(F)(Cl)C1=C(C)CN=C2C(CC(=O)OCC)OCc3cc(Br)ccc3N21. The van der Waals surface area contributed by atoms with Crippen molar-refractivity contribution in [3.63, 3.8) is 0 Å². The summed E-state index contributed by atoms with van der Waals surface area (Å²) in [5.74, 6) is 0.0287. The first kappa shape index (κ1) is 22.0. The molecule has 0 amide bonds. The van der Waals surface area contributed by atoms with E-state index in [1.54, 1.807) is 25.7 Å². The predicted molar refractivity (Wildman–Crippen MR) is 116 cm³/mol. The Hall–Kier alpha value is -1.70. The van der Waals surface area contributed by atoms with E-state index in [9.17, 15) is 4.79 Å². The van der Waals surface area contributed by atoms with E-state index in [4.69, 9.17) is 21.1 Å². The van der Waals surface area contributed by atoms with Gasteiger partial charge in [0.1, 0.15) is 11.9 Å². The molecule has 2 heterocycles. The summed E-state index contributed by atoms with van der Waals surface area (Å²) in [6.07, 6.45) is -0.722. The van der Waals surface area contributed by atoms with Gasteiger partial charge in [0, 0.05) is 10.0 Å². The zero-order valence-electron chi connectivity index (χ0n) is 16.6. The van der Waals surface area contributed by atoms with Crippen molar-refractivity contribution in [2.24, 2.45) is 4.99 Å². The van der Waals surface area contributed by atoms with Gasteiger partial charge >= 0.3 is 5.97 Å². The van der Waals surface area contributed by atoms with Crippen LogP contribution in [0.5, 0.6) is 0 Å². The summed E-state index contributed by atoms with van der Waals surface area (Å²) in [4.78, 5) is 18.5. The van der Waals surface area contributed by atoms with Crippen LogP contribution in [0.4, 0.5) is 10.1 Å². The molecular formula is C21H23BrClFN2O3. The lowest BCUT2D eigenvalue weighted by Gasteiger charge is -2.39. The summed E-state index contributed by atoms with van der Waals surface area (Å²) < 4.78 is 27.7. The summed E-state index contributed by atoms with van der Waals surface area (Å²) >= 11 is 9.82. The van der Waals surface area contributed by atoms with E-state index >= 15 is 4.39 Å². The molecule has 0 saturated carbocycles. The molecule has 0 radical (unpaired) electrons. The zero-order valence-corrected chi connectivity index (χ0v) is 18.9. The highest BCUT2D eigenvalue weighted by Gasteiger charge is 2.45. The number of fused-ring (bicyclic) bond motifs is 3. The Kier molecular flexibility index (Phi) is 6.51. The van der Waals surface area contributed by atoms with Gasteiger partial charge in [-0.2, -0.15) is 0 Å². The first-order chi connectivity index (χ1) is 13.7. The van der Waals surface area contributed by atoms with Crippen LogP contribution in [0, 0.1) is 0 Å². The van der Waals surface area contributed by atoms with E-state index in [2.05, 4.69) is 27.5 Å². The molecule has 2 atom stereocenters. The van der Waals surface area contributed by atoms with Crippen LogP contribution in [0.1, 0.15) is 32.8 Å². The van der Waals surface area contributed by atoms with E-state index < -0.39 is 17.2 Å². The molecule has 2 aliphatic heterocycles. The van der Waals surface area contributed by atoms with Crippen molar-refractivity contribution in [1.29, 1.82) is 0 Å². The number of hydrogen-bond acceptors (Lipinski definition) is 5. The second kappa shape index (κ2) is 8.58. The fraction of sp³-hybridized carbons (Fsp3) is 0.429. The van der Waals surface area contributed by atoms with Crippen molar-refractivity contribution in [1.82, 2.24) is 0 Å². The lowest BCUT2D eigenvalue weighted by atomic mass is 9.99. The van der Waals surface area contributed by atoms with Crippen LogP contribution in [-0.2, 0) is 20.9 Å². The number of amidine groups is 1. The Morgan fingerprint density at radius 3 is 2.93 bits per heavy atom. The molecule has 8 heteroatoms. The fourth-order valence-electron chi connectivity index (χ4n) is 3.43.